The zero-order valence-corrected chi connectivity index (χ0v) is 20.7. The average molecular weight is 516 g/mol. The van der Waals surface area contributed by atoms with Gasteiger partial charge < -0.3 is 24.5 Å². The highest BCUT2D eigenvalue weighted by atomic mass is 19.1. The highest BCUT2D eigenvalue weighted by Crippen LogP contribution is 2.36. The van der Waals surface area contributed by atoms with Crippen LogP contribution in [0.1, 0.15) is 19.0 Å². The molecular formula is C28H26FN5O4. The lowest BCUT2D eigenvalue weighted by Crippen LogP contribution is -2.43. The number of hydrogen-bond donors (Lipinski definition) is 2. The topological polar surface area (TPSA) is 111 Å². The number of carbonyl (C=O) groups excluding carboxylic acids is 1. The highest BCUT2D eigenvalue weighted by molar-refractivity contribution is 5.78. The fourth-order valence-electron chi connectivity index (χ4n) is 3.91. The van der Waals surface area contributed by atoms with Crippen LogP contribution in [0.2, 0.25) is 0 Å². The van der Waals surface area contributed by atoms with Gasteiger partial charge in [-0.25, -0.2) is 19.3 Å². The molecule has 1 saturated heterocycles. The minimum Gasteiger partial charge on any atom is -0.461 e. The quantitative estimate of drug-likeness (QED) is 0.243. The maximum absolute atomic E-state index is 13.7. The third kappa shape index (κ3) is 5.46. The number of H-pyrrole nitrogens is 1. The van der Waals surface area contributed by atoms with Gasteiger partial charge in [0, 0.05) is 17.4 Å². The Labute approximate surface area is 218 Å². The molecule has 2 aromatic carbocycles. The number of carbonyl (C=O) groups is 1. The van der Waals surface area contributed by atoms with Crippen molar-refractivity contribution in [3.63, 3.8) is 0 Å². The number of esters is 1. The summed E-state index contributed by atoms with van der Waals surface area (Å²) in [5.41, 5.74) is 2.23. The Morgan fingerprint density at radius 2 is 1.89 bits per heavy atom. The standard InChI is InChI=1S/C28H26FN5O4/c1-3-15-36-26(35)28(2)16-37-25(38-17-28)24-33-22(18-9-11-19(29)12-10-18)23(34-24)21-13-14-30-27(32-21)31-20-7-5-4-6-8-20/h3-14,25H,1,15-17H2,2H3,(H,33,34)(H,30,31,32). The first kappa shape index (κ1) is 25.2. The van der Waals surface area contributed by atoms with Gasteiger partial charge in [-0.05, 0) is 49.4 Å². The zero-order chi connectivity index (χ0) is 26.5. The third-order valence-electron chi connectivity index (χ3n) is 5.94. The fourth-order valence-corrected chi connectivity index (χ4v) is 3.91. The molecule has 9 nitrogen and oxygen atoms in total. The van der Waals surface area contributed by atoms with E-state index in [1.807, 2.05) is 30.3 Å². The van der Waals surface area contributed by atoms with Crippen molar-refractivity contribution in [3.05, 3.63) is 91.2 Å². The van der Waals surface area contributed by atoms with Crippen LogP contribution in [0.25, 0.3) is 22.6 Å². The Hall–Kier alpha value is -4.41. The fraction of sp³-hybridized carbons (Fsp3) is 0.214. The van der Waals surface area contributed by atoms with Gasteiger partial charge in [-0.1, -0.05) is 30.9 Å². The molecule has 5 rings (SSSR count). The Kier molecular flexibility index (Phi) is 7.25. The average Bonchev–Trinajstić information content (AvgIpc) is 3.39. The summed E-state index contributed by atoms with van der Waals surface area (Å²) >= 11 is 0. The lowest BCUT2D eigenvalue weighted by Gasteiger charge is -2.34. The number of nitrogens with one attached hydrogen (secondary N) is 2. The summed E-state index contributed by atoms with van der Waals surface area (Å²) in [6, 6.07) is 17.3. The second-order valence-electron chi connectivity index (χ2n) is 9.01. The molecule has 2 aromatic heterocycles. The number of imidazole rings is 1. The van der Waals surface area contributed by atoms with Crippen LogP contribution in [0.5, 0.6) is 0 Å². The molecule has 3 heterocycles. The minimum absolute atomic E-state index is 0.0776. The van der Waals surface area contributed by atoms with Crippen LogP contribution in [-0.2, 0) is 19.0 Å². The second-order valence-corrected chi connectivity index (χ2v) is 9.01. The van der Waals surface area contributed by atoms with Gasteiger partial charge >= 0.3 is 5.97 Å². The van der Waals surface area contributed by atoms with Crippen molar-refractivity contribution < 1.29 is 23.4 Å². The SMILES string of the molecule is C=CCOC(=O)C1(C)COC(c2nc(-c3ccc(F)cc3)c(-c3ccnc(Nc4ccccc4)n3)[nH]2)OC1. The molecule has 4 aromatic rings. The summed E-state index contributed by atoms with van der Waals surface area (Å²) in [6.45, 7) is 5.54. The molecule has 38 heavy (non-hydrogen) atoms. The van der Waals surface area contributed by atoms with Gasteiger partial charge in [0.1, 0.15) is 17.8 Å². The number of aromatic amines is 1. The van der Waals surface area contributed by atoms with Crippen molar-refractivity contribution in [2.45, 2.75) is 13.2 Å². The van der Waals surface area contributed by atoms with Crippen LogP contribution >= 0.6 is 0 Å². The van der Waals surface area contributed by atoms with Crippen molar-refractivity contribution in [1.82, 2.24) is 19.9 Å². The molecule has 0 aliphatic carbocycles. The molecule has 194 valence electrons. The molecule has 0 radical (unpaired) electrons. The third-order valence-corrected chi connectivity index (χ3v) is 5.94. The normalized spacial score (nSPS) is 19.1. The molecule has 2 N–H and O–H groups in total. The number of halogens is 1. The Morgan fingerprint density at radius 1 is 1.16 bits per heavy atom. The van der Waals surface area contributed by atoms with Gasteiger partial charge in [0.15, 0.2) is 5.82 Å². The largest absolute Gasteiger partial charge is 0.461 e. The van der Waals surface area contributed by atoms with Gasteiger partial charge in [-0.2, -0.15) is 0 Å². The number of aromatic nitrogens is 4. The van der Waals surface area contributed by atoms with E-state index in [9.17, 15) is 9.18 Å². The first-order valence-corrected chi connectivity index (χ1v) is 12.0. The van der Waals surface area contributed by atoms with E-state index in [2.05, 4.69) is 26.8 Å². The number of nitrogens with zero attached hydrogens (tertiary/aromatic N) is 3. The minimum atomic E-state index is -0.959. The summed E-state index contributed by atoms with van der Waals surface area (Å²) in [6.07, 6.45) is 2.28. The van der Waals surface area contributed by atoms with E-state index in [0.717, 1.165) is 5.69 Å². The number of ether oxygens (including phenoxy) is 3. The van der Waals surface area contributed by atoms with Crippen LogP contribution < -0.4 is 5.32 Å². The molecular weight excluding hydrogens is 489 g/mol. The summed E-state index contributed by atoms with van der Waals surface area (Å²) in [5.74, 6) is -0.00248. The molecule has 0 atom stereocenters. The summed E-state index contributed by atoms with van der Waals surface area (Å²) in [4.78, 5) is 29.4. The van der Waals surface area contributed by atoms with Gasteiger partial charge in [-0.15, -0.1) is 0 Å². The van der Waals surface area contributed by atoms with Crippen LogP contribution in [0.15, 0.2) is 79.5 Å². The van der Waals surface area contributed by atoms with Gasteiger partial charge in [0.2, 0.25) is 12.2 Å². The first-order chi connectivity index (χ1) is 18.4. The number of benzene rings is 2. The lowest BCUT2D eigenvalue weighted by atomic mass is 9.92. The molecule has 1 aliphatic rings. The first-order valence-electron chi connectivity index (χ1n) is 12.0. The van der Waals surface area contributed by atoms with Gasteiger partial charge in [0.05, 0.1) is 30.3 Å². The van der Waals surface area contributed by atoms with Crippen LogP contribution in [-0.4, -0.2) is 45.7 Å². The van der Waals surface area contributed by atoms with Crippen molar-refractivity contribution >= 4 is 17.6 Å². The summed E-state index contributed by atoms with van der Waals surface area (Å²) < 4.78 is 30.6. The molecule has 1 aliphatic heterocycles. The molecule has 0 amide bonds. The zero-order valence-electron chi connectivity index (χ0n) is 20.7. The van der Waals surface area contributed by atoms with Crippen molar-refractivity contribution in [2.75, 3.05) is 25.1 Å². The van der Waals surface area contributed by atoms with Gasteiger partial charge in [0.25, 0.3) is 0 Å². The summed E-state index contributed by atoms with van der Waals surface area (Å²) in [7, 11) is 0. The smallest absolute Gasteiger partial charge is 0.316 e. The van der Waals surface area contributed by atoms with E-state index >= 15 is 0 Å². The van der Waals surface area contributed by atoms with Gasteiger partial charge in [-0.3, -0.25) is 4.79 Å². The number of para-hydroxylation sites is 1. The molecule has 0 saturated carbocycles. The second kappa shape index (κ2) is 10.9. The van der Waals surface area contributed by atoms with Crippen LogP contribution in [0.3, 0.4) is 0 Å². The van der Waals surface area contributed by atoms with E-state index < -0.39 is 17.7 Å². The molecule has 1 fully saturated rings. The maximum Gasteiger partial charge on any atom is 0.316 e. The summed E-state index contributed by atoms with van der Waals surface area (Å²) in [5, 5.41) is 3.18. The van der Waals surface area contributed by atoms with E-state index in [4.69, 9.17) is 19.2 Å². The van der Waals surface area contributed by atoms with E-state index in [1.54, 1.807) is 31.3 Å². The van der Waals surface area contributed by atoms with Crippen LogP contribution in [0.4, 0.5) is 16.0 Å². The number of rotatable bonds is 8. The molecule has 0 spiro atoms. The maximum atomic E-state index is 13.7. The lowest BCUT2D eigenvalue weighted by molar-refractivity contribution is -0.238. The van der Waals surface area contributed by atoms with E-state index in [-0.39, 0.29) is 25.6 Å². The van der Waals surface area contributed by atoms with E-state index in [0.29, 0.717) is 34.4 Å². The number of hydrogen-bond acceptors (Lipinski definition) is 8. The Bertz CT molecular complexity index is 1420. The molecule has 10 heteroatoms. The molecule has 0 unspecified atom stereocenters. The van der Waals surface area contributed by atoms with Crippen molar-refractivity contribution in [2.24, 2.45) is 5.41 Å². The highest BCUT2D eigenvalue weighted by Gasteiger charge is 2.42. The van der Waals surface area contributed by atoms with Crippen molar-refractivity contribution in [3.8, 4) is 22.6 Å². The monoisotopic (exact) mass is 515 g/mol. The van der Waals surface area contributed by atoms with Crippen molar-refractivity contribution in [1.29, 1.82) is 0 Å². The Balaban J connectivity index is 1.44. The Morgan fingerprint density at radius 3 is 2.61 bits per heavy atom. The van der Waals surface area contributed by atoms with E-state index in [1.165, 1.54) is 18.2 Å². The number of anilines is 2. The predicted octanol–water partition coefficient (Wildman–Crippen LogP) is 5.20. The van der Waals surface area contributed by atoms with Crippen LogP contribution in [0, 0.1) is 11.2 Å². The predicted molar refractivity (Wildman–Crippen MR) is 139 cm³/mol. The molecule has 0 bridgehead atoms.